The minimum atomic E-state index is -0.541. The Balaban J connectivity index is 0.000000323. The number of carbonyl (C=O) groups excluding carboxylic acids is 3. The van der Waals surface area contributed by atoms with E-state index in [9.17, 15) is 34.8 Å². The lowest BCUT2D eigenvalue weighted by molar-refractivity contribution is -0.140. The number of benzene rings is 6. The maximum absolute atomic E-state index is 16.4. The number of rotatable bonds is 45. The van der Waals surface area contributed by atoms with E-state index >= 15 is 8.78 Å². The van der Waals surface area contributed by atoms with Crippen molar-refractivity contribution in [1.82, 2.24) is 0 Å². The van der Waals surface area contributed by atoms with Crippen LogP contribution < -0.4 is 28.4 Å². The van der Waals surface area contributed by atoms with E-state index in [-0.39, 0.29) is 131 Å². The third-order valence-electron chi connectivity index (χ3n) is 19.5. The Morgan fingerprint density at radius 1 is 0.387 bits per heavy atom. The highest BCUT2D eigenvalue weighted by molar-refractivity contribution is 9.09. The number of aliphatic hydroxyl groups excluding tert-OH is 4. The SMILES string of the molecule is C=C(C)C(=O)OCCBr.C=C(C)C(=O)OCCOc1ccc(-c2cc(-c3ccc(C4CCC(CCCCC)CC4)cc3F)cc(OCCOC(=O)C(=C)C)c2OCCCCO)cc1OCCCO.CCCCCC1CCC(c2ccc(-c3cc(O)c(OCCCCO)c(-c4ccc(O)c(OCCCO)c4)c3)c(F)c2)CC1. The summed E-state index contributed by atoms with van der Waals surface area (Å²) in [5, 5.41) is 59.3. The predicted octanol–water partition coefficient (Wildman–Crippen LogP) is 19.8. The first kappa shape index (κ1) is 91.4. The number of aliphatic hydroxyl groups is 4. The summed E-state index contributed by atoms with van der Waals surface area (Å²) < 4.78 is 83.5. The van der Waals surface area contributed by atoms with E-state index in [0.29, 0.717) is 135 Å². The summed E-state index contributed by atoms with van der Waals surface area (Å²) in [4.78, 5) is 34.6. The van der Waals surface area contributed by atoms with Gasteiger partial charge in [0.05, 0.1) is 26.4 Å². The maximum atomic E-state index is 16.4. The highest BCUT2D eigenvalue weighted by Gasteiger charge is 2.28. The summed E-state index contributed by atoms with van der Waals surface area (Å²) in [6.45, 7) is 21.1. The van der Waals surface area contributed by atoms with Crippen molar-refractivity contribution in [3.63, 3.8) is 0 Å². The minimum Gasteiger partial charge on any atom is -0.504 e. The molecule has 2 aliphatic carbocycles. The van der Waals surface area contributed by atoms with Crippen molar-refractivity contribution in [1.29, 1.82) is 0 Å². The number of hydrogen-bond donors (Lipinski definition) is 6. The second-order valence-corrected chi connectivity index (χ2v) is 29.3. The van der Waals surface area contributed by atoms with Crippen molar-refractivity contribution in [3.05, 3.63) is 156 Å². The molecule has 0 aliphatic heterocycles. The van der Waals surface area contributed by atoms with Crippen LogP contribution in [0.3, 0.4) is 0 Å². The number of aromatic hydroxyl groups is 2. The van der Waals surface area contributed by atoms with Gasteiger partial charge in [-0.05, 0) is 216 Å². The van der Waals surface area contributed by atoms with Gasteiger partial charge in [0, 0.05) is 83.6 Å². The molecule has 0 aromatic heterocycles. The van der Waals surface area contributed by atoms with Crippen LogP contribution in [-0.2, 0) is 28.6 Å². The second kappa shape index (κ2) is 50.5. The van der Waals surface area contributed by atoms with Crippen LogP contribution >= 0.6 is 15.9 Å². The molecule has 111 heavy (non-hydrogen) atoms. The first-order valence-corrected chi connectivity index (χ1v) is 40.7. The van der Waals surface area contributed by atoms with Crippen molar-refractivity contribution in [2.45, 2.75) is 188 Å². The molecular weight excluding hydrogens is 1490 g/mol. The quantitative estimate of drug-likeness (QED) is 0.00683. The van der Waals surface area contributed by atoms with Crippen LogP contribution in [0.1, 0.15) is 199 Å². The van der Waals surface area contributed by atoms with Gasteiger partial charge in [-0.2, -0.15) is 0 Å². The standard InChI is InChI=1S/C48H63FO10.C36H47FO6.C6H9BrO2/c1-6-7-8-12-35-13-15-36(16-14-35)37-17-19-40(42(49)30-37)39-29-41(46(57-23-10-9-21-50)45(32-39)56-26-28-59-48(53)34(4)5)38-18-20-43(44(31-38)54-24-11-22-51)55-25-27-58-47(52)33(2)3;1-2-3-4-8-25-9-11-26(12-10-25)27-13-15-30(32(37)22-27)29-21-31(36(34(41)23-29)43-19-6-5-17-38)28-14-16-33(40)35(24-28)42-20-7-18-39;1-5(2)6(8)9-4-3-7/h17-20,29-32,35-36,50-51H,2,4,6-16,21-28H2,1,3,5H3;13-16,21-26,38-41H,2-12,17-20H2,1H3;1,3-4H2,2H3. The molecule has 0 unspecified atom stereocenters. The Hall–Kier alpha value is -8.47. The fourth-order valence-corrected chi connectivity index (χ4v) is 13.5. The first-order valence-electron chi connectivity index (χ1n) is 39.6. The van der Waals surface area contributed by atoms with Crippen molar-refractivity contribution < 1.29 is 96.4 Å². The molecular formula is C90H119BrF2O18. The van der Waals surface area contributed by atoms with Gasteiger partial charge in [-0.3, -0.25) is 0 Å². The summed E-state index contributed by atoms with van der Waals surface area (Å²) in [5.74, 6) is 1.87. The number of carbonyl (C=O) groups is 3. The van der Waals surface area contributed by atoms with E-state index < -0.39 is 11.9 Å². The Bertz CT molecular complexity index is 3880. The molecule has 21 heteroatoms. The lowest BCUT2D eigenvalue weighted by Crippen LogP contribution is -2.14. The molecule has 8 rings (SSSR count). The van der Waals surface area contributed by atoms with Gasteiger partial charge in [0.25, 0.3) is 0 Å². The third kappa shape index (κ3) is 30.5. The summed E-state index contributed by atoms with van der Waals surface area (Å²) >= 11 is 3.12. The monoisotopic (exact) mass is 1600 g/mol. The molecule has 6 aromatic carbocycles. The maximum Gasteiger partial charge on any atom is 0.333 e. The zero-order chi connectivity index (χ0) is 80.5. The third-order valence-corrected chi connectivity index (χ3v) is 19.9. The summed E-state index contributed by atoms with van der Waals surface area (Å²) in [6.07, 6.45) is 22.3. The van der Waals surface area contributed by atoms with Crippen molar-refractivity contribution >= 4 is 33.8 Å². The van der Waals surface area contributed by atoms with E-state index in [1.165, 1.54) is 89.2 Å². The average molecular weight is 1610 g/mol. The molecule has 0 atom stereocenters. The molecule has 2 fully saturated rings. The van der Waals surface area contributed by atoms with Gasteiger partial charge >= 0.3 is 17.9 Å². The molecule has 0 bridgehead atoms. The molecule has 0 heterocycles. The van der Waals surface area contributed by atoms with Gasteiger partial charge < -0.3 is 73.3 Å². The first-order chi connectivity index (χ1) is 53.7. The highest BCUT2D eigenvalue weighted by Crippen LogP contribution is 2.48. The molecule has 0 amide bonds. The largest absolute Gasteiger partial charge is 0.504 e. The van der Waals surface area contributed by atoms with Crippen LogP contribution in [-0.4, -0.2) is 140 Å². The van der Waals surface area contributed by atoms with E-state index in [1.54, 1.807) is 75.4 Å². The fourth-order valence-electron chi connectivity index (χ4n) is 13.4. The topological polar surface area (TPSA) is 256 Å². The fraction of sp³-hybridized carbons (Fsp3) is 0.500. The number of hydrogen-bond acceptors (Lipinski definition) is 18. The Morgan fingerprint density at radius 3 is 1.25 bits per heavy atom. The summed E-state index contributed by atoms with van der Waals surface area (Å²) in [7, 11) is 0. The van der Waals surface area contributed by atoms with Gasteiger partial charge in [0.1, 0.15) is 44.7 Å². The number of phenolic OH excluding ortho intramolecular Hbond substituents is 2. The van der Waals surface area contributed by atoms with E-state index in [1.807, 2.05) is 30.3 Å². The van der Waals surface area contributed by atoms with Crippen LogP contribution in [0.2, 0.25) is 0 Å². The smallest absolute Gasteiger partial charge is 0.333 e. The number of alkyl halides is 1. The number of halogens is 3. The number of unbranched alkanes of at least 4 members (excludes halogenated alkanes) is 6. The average Bonchev–Trinajstić information content (AvgIpc) is 0.787. The summed E-state index contributed by atoms with van der Waals surface area (Å²) in [6, 6.07) is 28.0. The van der Waals surface area contributed by atoms with Gasteiger partial charge in [-0.15, -0.1) is 0 Å². The Kier molecular flexibility index (Phi) is 41.6. The van der Waals surface area contributed by atoms with Crippen LogP contribution in [0, 0.1) is 23.5 Å². The Labute approximate surface area is 664 Å². The van der Waals surface area contributed by atoms with E-state index in [0.717, 1.165) is 48.6 Å². The van der Waals surface area contributed by atoms with Gasteiger partial charge in [0.2, 0.25) is 0 Å². The van der Waals surface area contributed by atoms with Crippen molar-refractivity contribution in [3.8, 4) is 90.5 Å². The van der Waals surface area contributed by atoms with E-state index in [4.69, 9.17) is 48.1 Å². The van der Waals surface area contributed by atoms with Gasteiger partial charge in [-0.1, -0.05) is 137 Å². The number of phenols is 2. The number of esters is 3. The molecule has 0 saturated heterocycles. The second-order valence-electron chi connectivity index (χ2n) is 28.5. The molecule has 0 radical (unpaired) electrons. The van der Waals surface area contributed by atoms with Crippen LogP contribution in [0.15, 0.2) is 134 Å². The lowest BCUT2D eigenvalue weighted by atomic mass is 9.77. The van der Waals surface area contributed by atoms with Gasteiger partial charge in [-0.25, -0.2) is 23.2 Å². The normalized spacial score (nSPS) is 15.1. The predicted molar refractivity (Wildman–Crippen MR) is 436 cm³/mol. The highest BCUT2D eigenvalue weighted by atomic mass is 79.9. The van der Waals surface area contributed by atoms with Gasteiger partial charge in [0.15, 0.2) is 46.0 Å². The molecule has 2 saturated carbocycles. The molecule has 2 aliphatic rings. The zero-order valence-corrected chi connectivity index (χ0v) is 67.4. The minimum absolute atomic E-state index is 0.00463. The van der Waals surface area contributed by atoms with Crippen LogP contribution in [0.25, 0.3) is 44.5 Å². The molecule has 18 nitrogen and oxygen atoms in total. The zero-order valence-electron chi connectivity index (χ0n) is 65.8. The number of ether oxygens (including phenoxy) is 9. The summed E-state index contributed by atoms with van der Waals surface area (Å²) in [5.41, 5.74) is 7.19. The van der Waals surface area contributed by atoms with Crippen molar-refractivity contribution in [2.24, 2.45) is 11.8 Å². The van der Waals surface area contributed by atoms with Crippen LogP contribution in [0.4, 0.5) is 8.78 Å². The molecule has 608 valence electrons. The van der Waals surface area contributed by atoms with Crippen LogP contribution in [0.5, 0.6) is 46.0 Å². The lowest BCUT2D eigenvalue weighted by Gasteiger charge is -2.29. The molecule has 6 aromatic rings. The molecule has 0 spiro atoms. The Morgan fingerprint density at radius 2 is 0.793 bits per heavy atom. The van der Waals surface area contributed by atoms with E-state index in [2.05, 4.69) is 54.3 Å². The molecule has 6 N–H and O–H groups in total. The van der Waals surface area contributed by atoms with Crippen molar-refractivity contribution in [2.75, 3.05) is 91.2 Å².